The van der Waals surface area contributed by atoms with Gasteiger partial charge in [-0.1, -0.05) is 34.2 Å². The van der Waals surface area contributed by atoms with Crippen LogP contribution in [0.3, 0.4) is 0 Å². The fraction of sp³-hybridized carbons (Fsp3) is 0.583. The summed E-state index contributed by atoms with van der Waals surface area (Å²) in [5, 5.41) is 8.96. The lowest BCUT2D eigenvalue weighted by Crippen LogP contribution is -2.55. The molecule has 2 rings (SSSR count). The molecule has 2 aliphatic rings. The van der Waals surface area contributed by atoms with E-state index in [1.807, 2.05) is 6.08 Å². The maximum atomic E-state index is 10.9. The molecule has 17 heavy (non-hydrogen) atoms. The lowest BCUT2D eigenvalue weighted by atomic mass is 9.88. The minimum atomic E-state index is -0.880. The molecule has 1 aliphatic heterocycles. The Morgan fingerprint density at radius 2 is 2.24 bits per heavy atom. The lowest BCUT2D eigenvalue weighted by Gasteiger charge is -2.44. The maximum Gasteiger partial charge on any atom is 0.335 e. The van der Waals surface area contributed by atoms with E-state index in [0.717, 1.165) is 26.3 Å². The molecular formula is C12H16BrNO3. The SMILES string of the molecule is C[C@]1(N2CCOCC2)C=CC(C(=O)O)=C[C@H]1Br. The minimum absolute atomic E-state index is 0.00389. The van der Waals surface area contributed by atoms with Crippen molar-refractivity contribution in [3.63, 3.8) is 0 Å². The van der Waals surface area contributed by atoms with E-state index in [2.05, 4.69) is 27.8 Å². The number of carboxylic acid groups (broad SMARTS) is 1. The Morgan fingerprint density at radius 1 is 1.59 bits per heavy atom. The smallest absolute Gasteiger partial charge is 0.335 e. The Morgan fingerprint density at radius 3 is 2.76 bits per heavy atom. The van der Waals surface area contributed by atoms with Crippen molar-refractivity contribution in [1.82, 2.24) is 4.90 Å². The third-order valence-electron chi connectivity index (χ3n) is 3.42. The fourth-order valence-electron chi connectivity index (χ4n) is 2.20. The van der Waals surface area contributed by atoms with Crippen LogP contribution in [0.15, 0.2) is 23.8 Å². The van der Waals surface area contributed by atoms with Gasteiger partial charge in [0.25, 0.3) is 0 Å². The summed E-state index contributed by atoms with van der Waals surface area (Å²) in [6, 6.07) is 0. The van der Waals surface area contributed by atoms with Gasteiger partial charge in [0.15, 0.2) is 0 Å². The highest BCUT2D eigenvalue weighted by Gasteiger charge is 2.38. The molecule has 5 heteroatoms. The number of rotatable bonds is 2. The first-order valence-electron chi connectivity index (χ1n) is 5.65. The first kappa shape index (κ1) is 12.8. The molecule has 2 atom stereocenters. The molecule has 1 aliphatic carbocycles. The third kappa shape index (κ3) is 2.46. The molecule has 0 saturated carbocycles. The second kappa shape index (κ2) is 4.92. The highest BCUT2D eigenvalue weighted by molar-refractivity contribution is 9.09. The van der Waals surface area contributed by atoms with Crippen molar-refractivity contribution in [3.8, 4) is 0 Å². The molecule has 1 fully saturated rings. The number of morpholine rings is 1. The Hall–Kier alpha value is -0.650. The van der Waals surface area contributed by atoms with E-state index in [-0.39, 0.29) is 10.4 Å². The van der Waals surface area contributed by atoms with Crippen molar-refractivity contribution in [3.05, 3.63) is 23.8 Å². The normalized spacial score (nSPS) is 34.5. The summed E-state index contributed by atoms with van der Waals surface area (Å²) >= 11 is 3.58. The van der Waals surface area contributed by atoms with Gasteiger partial charge in [0.2, 0.25) is 0 Å². The highest BCUT2D eigenvalue weighted by Crippen LogP contribution is 2.33. The second-order valence-electron chi connectivity index (χ2n) is 4.49. The molecular weight excluding hydrogens is 286 g/mol. The van der Waals surface area contributed by atoms with Gasteiger partial charge in [0, 0.05) is 13.1 Å². The van der Waals surface area contributed by atoms with Gasteiger partial charge in [-0.25, -0.2) is 4.79 Å². The first-order valence-corrected chi connectivity index (χ1v) is 6.57. The zero-order valence-corrected chi connectivity index (χ0v) is 11.3. The minimum Gasteiger partial charge on any atom is -0.478 e. The van der Waals surface area contributed by atoms with Crippen LogP contribution in [-0.4, -0.2) is 52.6 Å². The summed E-state index contributed by atoms with van der Waals surface area (Å²) in [5.41, 5.74) is 0.167. The Bertz CT molecular complexity index is 374. The topological polar surface area (TPSA) is 49.8 Å². The average molecular weight is 302 g/mol. The van der Waals surface area contributed by atoms with E-state index in [1.54, 1.807) is 12.2 Å². The standard InChI is InChI=1S/C12H16BrNO3/c1-12(14-4-6-17-7-5-14)3-2-9(11(15)16)8-10(12)13/h2-3,8,10H,4-7H2,1H3,(H,15,16)/t10-,12+/m1/s1. The van der Waals surface area contributed by atoms with Crippen LogP contribution in [0.1, 0.15) is 6.92 Å². The Balaban J connectivity index is 2.17. The van der Waals surface area contributed by atoms with E-state index >= 15 is 0 Å². The lowest BCUT2D eigenvalue weighted by molar-refractivity contribution is -0.132. The van der Waals surface area contributed by atoms with Gasteiger partial charge in [0.1, 0.15) is 0 Å². The predicted octanol–water partition coefficient (Wildman–Crippen LogP) is 1.42. The summed E-state index contributed by atoms with van der Waals surface area (Å²) in [6.45, 7) is 5.33. The summed E-state index contributed by atoms with van der Waals surface area (Å²) in [4.78, 5) is 13.2. The van der Waals surface area contributed by atoms with Crippen LogP contribution < -0.4 is 0 Å². The number of hydrogen-bond donors (Lipinski definition) is 1. The van der Waals surface area contributed by atoms with E-state index < -0.39 is 5.97 Å². The number of ether oxygens (including phenoxy) is 1. The number of carbonyl (C=O) groups is 1. The molecule has 0 amide bonds. The van der Waals surface area contributed by atoms with Crippen molar-refractivity contribution in [2.75, 3.05) is 26.3 Å². The third-order valence-corrected chi connectivity index (χ3v) is 4.62. The van der Waals surface area contributed by atoms with Crippen LogP contribution >= 0.6 is 15.9 Å². The number of hydrogen-bond acceptors (Lipinski definition) is 3. The van der Waals surface area contributed by atoms with Gasteiger partial charge < -0.3 is 9.84 Å². The van der Waals surface area contributed by atoms with E-state index in [9.17, 15) is 4.79 Å². The molecule has 0 bridgehead atoms. The van der Waals surface area contributed by atoms with Crippen molar-refractivity contribution in [1.29, 1.82) is 0 Å². The molecule has 0 aromatic carbocycles. The zero-order chi connectivity index (χ0) is 12.5. The van der Waals surface area contributed by atoms with Crippen LogP contribution in [0, 0.1) is 0 Å². The predicted molar refractivity (Wildman–Crippen MR) is 68.4 cm³/mol. The van der Waals surface area contributed by atoms with E-state index in [4.69, 9.17) is 9.84 Å². The number of nitrogens with zero attached hydrogens (tertiary/aromatic N) is 1. The van der Waals surface area contributed by atoms with Crippen LogP contribution in [0.2, 0.25) is 0 Å². The van der Waals surface area contributed by atoms with Gasteiger partial charge in [-0.3, -0.25) is 4.90 Å². The summed E-state index contributed by atoms with van der Waals surface area (Å²) < 4.78 is 5.34. The van der Waals surface area contributed by atoms with Crippen molar-refractivity contribution in [2.24, 2.45) is 0 Å². The number of alkyl halides is 1. The monoisotopic (exact) mass is 301 g/mol. The maximum absolute atomic E-state index is 10.9. The van der Waals surface area contributed by atoms with Crippen molar-refractivity contribution < 1.29 is 14.6 Å². The molecule has 0 radical (unpaired) electrons. The Labute approximate surface area is 109 Å². The molecule has 0 spiro atoms. The van der Waals surface area contributed by atoms with Gasteiger partial charge >= 0.3 is 5.97 Å². The van der Waals surface area contributed by atoms with Crippen LogP contribution in [0.4, 0.5) is 0 Å². The molecule has 0 unspecified atom stereocenters. The summed E-state index contributed by atoms with van der Waals surface area (Å²) in [6.07, 6.45) is 5.43. The molecule has 0 aromatic rings. The van der Waals surface area contributed by atoms with Crippen molar-refractivity contribution in [2.45, 2.75) is 17.3 Å². The molecule has 1 saturated heterocycles. The molecule has 0 aromatic heterocycles. The van der Waals surface area contributed by atoms with E-state index in [0.29, 0.717) is 5.57 Å². The van der Waals surface area contributed by atoms with Crippen LogP contribution in [0.25, 0.3) is 0 Å². The number of carboxylic acids is 1. The van der Waals surface area contributed by atoms with Gasteiger partial charge in [-0.05, 0) is 6.92 Å². The van der Waals surface area contributed by atoms with Gasteiger partial charge in [0.05, 0.1) is 29.2 Å². The summed E-state index contributed by atoms with van der Waals surface area (Å²) in [7, 11) is 0. The quantitative estimate of drug-likeness (QED) is 0.784. The number of aliphatic carboxylic acids is 1. The molecule has 1 N–H and O–H groups in total. The summed E-state index contributed by atoms with van der Waals surface area (Å²) in [5.74, 6) is -0.880. The average Bonchev–Trinajstić information content (AvgIpc) is 2.33. The molecule has 4 nitrogen and oxygen atoms in total. The zero-order valence-electron chi connectivity index (χ0n) is 9.73. The van der Waals surface area contributed by atoms with Gasteiger partial charge in [-0.2, -0.15) is 0 Å². The van der Waals surface area contributed by atoms with Crippen molar-refractivity contribution >= 4 is 21.9 Å². The number of halogens is 1. The van der Waals surface area contributed by atoms with E-state index in [1.165, 1.54) is 0 Å². The largest absolute Gasteiger partial charge is 0.478 e. The first-order chi connectivity index (χ1) is 8.04. The second-order valence-corrected chi connectivity index (χ2v) is 5.47. The molecule has 94 valence electrons. The fourth-order valence-corrected chi connectivity index (χ4v) is 2.93. The highest BCUT2D eigenvalue weighted by atomic mass is 79.9. The van der Waals surface area contributed by atoms with Crippen LogP contribution in [-0.2, 0) is 9.53 Å². The Kier molecular flexibility index (Phi) is 3.70. The van der Waals surface area contributed by atoms with Gasteiger partial charge in [-0.15, -0.1) is 0 Å². The van der Waals surface area contributed by atoms with Crippen LogP contribution in [0.5, 0.6) is 0 Å². The molecule has 1 heterocycles.